The van der Waals surface area contributed by atoms with Crippen LogP contribution in [0.1, 0.15) is 36.5 Å². The topological polar surface area (TPSA) is 105 Å². The van der Waals surface area contributed by atoms with Crippen LogP contribution in [0.15, 0.2) is 58.8 Å². The van der Waals surface area contributed by atoms with Crippen molar-refractivity contribution in [3.8, 4) is 11.6 Å². The number of benzene rings is 2. The summed E-state index contributed by atoms with van der Waals surface area (Å²) in [6.45, 7) is 2.84. The van der Waals surface area contributed by atoms with Gasteiger partial charge in [0.15, 0.2) is 5.69 Å². The molecule has 1 heterocycles. The highest BCUT2D eigenvalue weighted by atomic mass is 16.5. The zero-order chi connectivity index (χ0) is 22.2. The predicted octanol–water partition coefficient (Wildman–Crippen LogP) is 4.59. The standard InChI is InChI=1S/C23H26N4O4/c1-3-4-14-27-19-11-10-17(31-2)15-18(19)21(23(27)30)26-25-20(28)12-13-24-22(29)16-8-6-5-7-9-16/h5-11,15,30H,3-4,12-14H2,1-2H3,(H,24,29). The average Bonchev–Trinajstić information content (AvgIpc) is 3.06. The number of nitrogens with zero attached hydrogens (tertiary/aromatic N) is 3. The van der Waals surface area contributed by atoms with Crippen LogP contribution in [0.25, 0.3) is 10.9 Å². The lowest BCUT2D eigenvalue weighted by atomic mass is 10.2. The first-order valence-corrected chi connectivity index (χ1v) is 10.2. The van der Waals surface area contributed by atoms with Crippen molar-refractivity contribution in [2.75, 3.05) is 13.7 Å². The highest BCUT2D eigenvalue weighted by molar-refractivity contribution is 5.96. The van der Waals surface area contributed by atoms with E-state index in [0.29, 0.717) is 23.2 Å². The molecular formula is C23H26N4O4. The molecule has 3 aromatic rings. The largest absolute Gasteiger partial charge is 0.497 e. The highest BCUT2D eigenvalue weighted by Gasteiger charge is 2.17. The quantitative estimate of drug-likeness (QED) is 0.492. The van der Waals surface area contributed by atoms with Crippen LogP contribution in [-0.2, 0) is 11.3 Å². The zero-order valence-electron chi connectivity index (χ0n) is 17.7. The number of methoxy groups -OCH3 is 1. The molecule has 0 saturated carbocycles. The fraction of sp³-hybridized carbons (Fsp3) is 0.304. The Kier molecular flexibility index (Phi) is 7.37. The van der Waals surface area contributed by atoms with Gasteiger partial charge in [-0.25, -0.2) is 0 Å². The molecule has 0 aliphatic carbocycles. The molecule has 3 rings (SSSR count). The van der Waals surface area contributed by atoms with Crippen molar-refractivity contribution < 1.29 is 19.4 Å². The van der Waals surface area contributed by atoms with Crippen LogP contribution < -0.4 is 10.1 Å². The first-order valence-electron chi connectivity index (χ1n) is 10.2. The highest BCUT2D eigenvalue weighted by Crippen LogP contribution is 2.40. The Bertz CT molecular complexity index is 1090. The Hall–Kier alpha value is -3.68. The van der Waals surface area contributed by atoms with Gasteiger partial charge in [0, 0.05) is 30.5 Å². The van der Waals surface area contributed by atoms with E-state index in [9.17, 15) is 14.7 Å². The number of fused-ring (bicyclic) bond motifs is 1. The normalized spacial score (nSPS) is 11.2. The van der Waals surface area contributed by atoms with E-state index >= 15 is 0 Å². The molecule has 0 bridgehead atoms. The molecule has 2 amide bonds. The Balaban J connectivity index is 1.71. The number of rotatable bonds is 9. The summed E-state index contributed by atoms with van der Waals surface area (Å²) in [4.78, 5) is 24.2. The molecule has 8 heteroatoms. The number of aromatic hydroxyl groups is 1. The third kappa shape index (κ3) is 5.28. The third-order valence-corrected chi connectivity index (χ3v) is 4.87. The van der Waals surface area contributed by atoms with Crippen molar-refractivity contribution >= 4 is 28.4 Å². The number of unbranched alkanes of at least 4 members (excludes halogenated alkanes) is 1. The van der Waals surface area contributed by atoms with Crippen molar-refractivity contribution in [1.82, 2.24) is 9.88 Å². The van der Waals surface area contributed by atoms with Gasteiger partial charge < -0.3 is 19.7 Å². The Labute approximate surface area is 180 Å². The van der Waals surface area contributed by atoms with Gasteiger partial charge in [-0.05, 0) is 36.8 Å². The molecule has 162 valence electrons. The summed E-state index contributed by atoms with van der Waals surface area (Å²) in [5.74, 6) is -0.170. The van der Waals surface area contributed by atoms with E-state index in [1.807, 2.05) is 18.2 Å². The lowest BCUT2D eigenvalue weighted by Gasteiger charge is -2.05. The summed E-state index contributed by atoms with van der Waals surface area (Å²) in [5.41, 5.74) is 1.55. The van der Waals surface area contributed by atoms with E-state index in [-0.39, 0.29) is 30.4 Å². The number of ether oxygens (including phenoxy) is 1. The van der Waals surface area contributed by atoms with Crippen LogP contribution in [0.2, 0.25) is 0 Å². The molecule has 0 saturated heterocycles. The molecule has 1 aromatic heterocycles. The minimum Gasteiger partial charge on any atom is -0.497 e. The second kappa shape index (κ2) is 10.4. The molecular weight excluding hydrogens is 396 g/mol. The maximum absolute atomic E-state index is 12.2. The van der Waals surface area contributed by atoms with Gasteiger partial charge >= 0.3 is 0 Å². The van der Waals surface area contributed by atoms with Gasteiger partial charge in [0.2, 0.25) is 5.88 Å². The monoisotopic (exact) mass is 422 g/mol. The van der Waals surface area contributed by atoms with Gasteiger partial charge in [0.05, 0.1) is 12.6 Å². The number of nitrogens with one attached hydrogen (secondary N) is 1. The van der Waals surface area contributed by atoms with Gasteiger partial charge in [-0.15, -0.1) is 10.2 Å². The third-order valence-electron chi connectivity index (χ3n) is 4.87. The van der Waals surface area contributed by atoms with Crippen molar-refractivity contribution in [1.29, 1.82) is 0 Å². The van der Waals surface area contributed by atoms with E-state index in [1.54, 1.807) is 42.0 Å². The fourth-order valence-corrected chi connectivity index (χ4v) is 3.20. The van der Waals surface area contributed by atoms with E-state index in [2.05, 4.69) is 22.5 Å². The number of aryl methyl sites for hydroxylation is 1. The molecule has 31 heavy (non-hydrogen) atoms. The van der Waals surface area contributed by atoms with Crippen LogP contribution >= 0.6 is 0 Å². The Morgan fingerprint density at radius 1 is 1.16 bits per heavy atom. The second-order valence-electron chi connectivity index (χ2n) is 7.03. The molecule has 8 nitrogen and oxygen atoms in total. The first kappa shape index (κ1) is 22.0. The number of hydrogen-bond acceptors (Lipinski definition) is 5. The SMILES string of the molecule is CCCCn1c(O)c(N=NC(=O)CCNC(=O)c2ccccc2)c2cc(OC)ccc21. The smallest absolute Gasteiger partial charge is 0.266 e. The maximum Gasteiger partial charge on any atom is 0.266 e. The molecule has 2 N–H and O–H groups in total. The van der Waals surface area contributed by atoms with Crippen molar-refractivity contribution in [2.45, 2.75) is 32.7 Å². The van der Waals surface area contributed by atoms with Gasteiger partial charge in [0.1, 0.15) is 5.75 Å². The predicted molar refractivity (Wildman–Crippen MR) is 118 cm³/mol. The first-order chi connectivity index (χ1) is 15.0. The van der Waals surface area contributed by atoms with Gasteiger partial charge in [-0.3, -0.25) is 9.59 Å². The lowest BCUT2D eigenvalue weighted by molar-refractivity contribution is -0.118. The van der Waals surface area contributed by atoms with Crippen LogP contribution in [-0.4, -0.2) is 35.1 Å². The average molecular weight is 422 g/mol. The van der Waals surface area contributed by atoms with Crippen LogP contribution in [0, 0.1) is 0 Å². The summed E-state index contributed by atoms with van der Waals surface area (Å²) >= 11 is 0. The summed E-state index contributed by atoms with van der Waals surface area (Å²) in [6.07, 6.45) is 1.86. The van der Waals surface area contributed by atoms with Gasteiger partial charge in [-0.1, -0.05) is 31.5 Å². The summed E-state index contributed by atoms with van der Waals surface area (Å²) < 4.78 is 7.04. The Morgan fingerprint density at radius 3 is 2.65 bits per heavy atom. The molecule has 2 aromatic carbocycles. The Morgan fingerprint density at radius 2 is 1.94 bits per heavy atom. The number of aromatic nitrogens is 1. The molecule has 0 spiro atoms. The van der Waals surface area contributed by atoms with E-state index < -0.39 is 5.91 Å². The van der Waals surface area contributed by atoms with Gasteiger partial charge in [-0.2, -0.15) is 0 Å². The lowest BCUT2D eigenvalue weighted by Crippen LogP contribution is -2.25. The van der Waals surface area contributed by atoms with Crippen LogP contribution in [0.5, 0.6) is 11.6 Å². The van der Waals surface area contributed by atoms with Crippen LogP contribution in [0.3, 0.4) is 0 Å². The zero-order valence-corrected chi connectivity index (χ0v) is 17.7. The van der Waals surface area contributed by atoms with E-state index in [4.69, 9.17) is 4.74 Å². The van der Waals surface area contributed by atoms with Crippen molar-refractivity contribution in [3.63, 3.8) is 0 Å². The summed E-state index contributed by atoms with van der Waals surface area (Å²) in [7, 11) is 1.56. The minimum absolute atomic E-state index is 0.000627. The second-order valence-corrected chi connectivity index (χ2v) is 7.03. The fourth-order valence-electron chi connectivity index (χ4n) is 3.20. The molecule has 0 atom stereocenters. The van der Waals surface area contributed by atoms with Crippen molar-refractivity contribution in [2.24, 2.45) is 10.2 Å². The molecule has 0 unspecified atom stereocenters. The summed E-state index contributed by atoms with van der Waals surface area (Å²) in [6, 6.07) is 14.2. The van der Waals surface area contributed by atoms with E-state index in [0.717, 1.165) is 18.4 Å². The number of amides is 2. The van der Waals surface area contributed by atoms with Crippen LogP contribution in [0.4, 0.5) is 5.69 Å². The molecule has 0 aliphatic rings. The number of azo groups is 1. The van der Waals surface area contributed by atoms with Gasteiger partial charge in [0.25, 0.3) is 11.8 Å². The molecule has 0 radical (unpaired) electrons. The maximum atomic E-state index is 12.2. The number of hydrogen-bond donors (Lipinski definition) is 2. The van der Waals surface area contributed by atoms with E-state index in [1.165, 1.54) is 0 Å². The number of carbonyl (C=O) groups is 2. The molecule has 0 fully saturated rings. The molecule has 0 aliphatic heterocycles. The summed E-state index contributed by atoms with van der Waals surface area (Å²) in [5, 5.41) is 21.8. The number of carbonyl (C=O) groups excluding carboxylic acids is 2. The van der Waals surface area contributed by atoms with Crippen molar-refractivity contribution in [3.05, 3.63) is 54.1 Å². The minimum atomic E-state index is -0.495.